The van der Waals surface area contributed by atoms with Crippen molar-refractivity contribution >= 4 is 57.4 Å². The van der Waals surface area contributed by atoms with Crippen molar-refractivity contribution in [3.63, 3.8) is 0 Å². The molecule has 0 unspecified atom stereocenters. The number of amides is 5. The number of H-pyrrole nitrogens is 1. The van der Waals surface area contributed by atoms with Crippen LogP contribution in [0.3, 0.4) is 0 Å². The first kappa shape index (κ1) is 42.8. The van der Waals surface area contributed by atoms with Crippen molar-refractivity contribution < 1.29 is 38.6 Å². The Morgan fingerprint density at radius 3 is 2.02 bits per heavy atom. The molecule has 1 heterocycles. The van der Waals surface area contributed by atoms with E-state index in [4.69, 9.17) is 4.74 Å². The lowest BCUT2D eigenvalue weighted by atomic mass is 9.97. The molecule has 5 amide bonds. The number of carbonyl (C=O) groups is 6. The number of hydrogen-bond donors (Lipinski definition) is 5. The molecule has 300 valence electrons. The van der Waals surface area contributed by atoms with Gasteiger partial charge in [-0.2, -0.15) is 0 Å². The fourth-order valence-corrected chi connectivity index (χ4v) is 6.59. The van der Waals surface area contributed by atoms with E-state index in [1.807, 2.05) is 73.7 Å². The summed E-state index contributed by atoms with van der Waals surface area (Å²) in [5.74, 6) is -4.00. The van der Waals surface area contributed by atoms with Gasteiger partial charge in [0.15, 0.2) is 0 Å². The van der Waals surface area contributed by atoms with Crippen LogP contribution in [0.4, 0.5) is 4.79 Å². The van der Waals surface area contributed by atoms with Crippen LogP contribution in [0.25, 0.3) is 21.7 Å². The molecule has 56 heavy (non-hydrogen) atoms. The average molecular weight is 771 g/mol. The minimum atomic E-state index is -1.58. The summed E-state index contributed by atoms with van der Waals surface area (Å²) in [5.41, 5.74) is 1.54. The van der Waals surface area contributed by atoms with E-state index in [1.54, 1.807) is 41.1 Å². The Bertz CT molecular complexity index is 2030. The van der Waals surface area contributed by atoms with Crippen LogP contribution >= 0.6 is 0 Å². The van der Waals surface area contributed by atoms with E-state index in [0.29, 0.717) is 12.8 Å². The quantitative estimate of drug-likeness (QED) is 0.103. The molecule has 3 aromatic carbocycles. The van der Waals surface area contributed by atoms with E-state index in [1.165, 1.54) is 16.8 Å². The third-order valence-electron chi connectivity index (χ3n) is 9.41. The van der Waals surface area contributed by atoms with Crippen molar-refractivity contribution in [3.05, 3.63) is 84.1 Å². The van der Waals surface area contributed by atoms with Gasteiger partial charge in [-0.25, -0.2) is 4.79 Å². The van der Waals surface area contributed by atoms with E-state index in [2.05, 4.69) is 20.9 Å². The smallest absolute Gasteiger partial charge is 0.408 e. The molecule has 0 spiro atoms. The number of para-hydroxylation sites is 1. The molecule has 4 atom stereocenters. The van der Waals surface area contributed by atoms with Gasteiger partial charge in [0, 0.05) is 51.1 Å². The maximum atomic E-state index is 14.3. The molecule has 0 fully saturated rings. The molecule has 0 bridgehead atoms. The van der Waals surface area contributed by atoms with Gasteiger partial charge < -0.3 is 40.6 Å². The molecule has 0 aliphatic rings. The standard InChI is InChI=1S/C42H54N6O8/c1-8-9-21-35(48(7)40(54)34(46-41(55)56-42(2,3)4)23-28-25-43-31-20-13-12-19-30(28)31)38(52)44-32(24-36(49)50)37(51)45-33(39(53)47(5)6)22-27-17-14-16-26-15-10-11-18-29(26)27/h10-20,25,32-35,43H,8-9,21-24H2,1-7H3,(H,44,52)(H,45,51)(H,46,55)(H,49,50)/t32-,33-,34-,35-/m0/s1. The maximum absolute atomic E-state index is 14.3. The van der Waals surface area contributed by atoms with Gasteiger partial charge in [0.1, 0.15) is 29.8 Å². The second-order valence-electron chi connectivity index (χ2n) is 15.2. The largest absolute Gasteiger partial charge is 0.481 e. The highest BCUT2D eigenvalue weighted by Crippen LogP contribution is 2.22. The van der Waals surface area contributed by atoms with Gasteiger partial charge in [-0.05, 0) is 55.2 Å². The van der Waals surface area contributed by atoms with E-state index >= 15 is 0 Å². The molecule has 0 radical (unpaired) electrons. The molecular formula is C42H54N6O8. The number of rotatable bonds is 17. The Labute approximate surface area is 327 Å². The number of likely N-dealkylation sites (N-methyl/N-ethyl adjacent to an activating group) is 2. The molecule has 0 saturated carbocycles. The van der Waals surface area contributed by atoms with Gasteiger partial charge in [-0.1, -0.05) is 80.4 Å². The lowest BCUT2D eigenvalue weighted by Gasteiger charge is -2.32. The van der Waals surface area contributed by atoms with Crippen molar-refractivity contribution in [2.45, 2.75) is 96.0 Å². The number of alkyl carbamates (subject to hydrolysis) is 1. The van der Waals surface area contributed by atoms with E-state index in [0.717, 1.165) is 32.8 Å². The number of ether oxygens (including phenoxy) is 1. The van der Waals surface area contributed by atoms with Gasteiger partial charge >= 0.3 is 12.1 Å². The fourth-order valence-electron chi connectivity index (χ4n) is 6.59. The lowest BCUT2D eigenvalue weighted by molar-refractivity contribution is -0.144. The predicted octanol–water partition coefficient (Wildman–Crippen LogP) is 4.55. The second-order valence-corrected chi connectivity index (χ2v) is 15.2. The molecule has 0 saturated heterocycles. The van der Waals surface area contributed by atoms with Crippen molar-refractivity contribution in [2.75, 3.05) is 21.1 Å². The third kappa shape index (κ3) is 11.5. The van der Waals surface area contributed by atoms with Gasteiger partial charge in [0.25, 0.3) is 0 Å². The molecule has 0 aliphatic carbocycles. The highest BCUT2D eigenvalue weighted by molar-refractivity contribution is 5.97. The lowest BCUT2D eigenvalue weighted by Crippen LogP contribution is -2.59. The molecular weight excluding hydrogens is 716 g/mol. The fraction of sp³-hybridized carbons (Fsp3) is 0.429. The Kier molecular flexibility index (Phi) is 14.6. The van der Waals surface area contributed by atoms with Crippen LogP contribution in [0, 0.1) is 0 Å². The average Bonchev–Trinajstić information content (AvgIpc) is 3.55. The number of fused-ring (bicyclic) bond motifs is 2. The minimum Gasteiger partial charge on any atom is -0.481 e. The first-order valence-electron chi connectivity index (χ1n) is 18.8. The van der Waals surface area contributed by atoms with Crippen LogP contribution < -0.4 is 16.0 Å². The number of carbonyl (C=O) groups excluding carboxylic acids is 5. The number of hydrogen-bond acceptors (Lipinski definition) is 7. The maximum Gasteiger partial charge on any atom is 0.408 e. The SMILES string of the molecule is CCCC[C@@H](C(=O)N[C@@H](CC(=O)O)C(=O)N[C@@H](Cc1cccc2ccccc12)C(=O)N(C)C)N(C)C(=O)[C@H](Cc1c[nH]c2ccccc12)NC(=O)OC(C)(C)C. The topological polar surface area (TPSA) is 190 Å². The van der Waals surface area contributed by atoms with E-state index in [-0.39, 0.29) is 19.3 Å². The van der Waals surface area contributed by atoms with Gasteiger partial charge in [0.2, 0.25) is 23.6 Å². The first-order chi connectivity index (χ1) is 26.5. The Hall–Kier alpha value is -5.92. The molecule has 4 aromatic rings. The van der Waals surface area contributed by atoms with Crippen LogP contribution in [0.15, 0.2) is 72.9 Å². The number of unbranched alkanes of at least 4 members (excludes halogenated alkanes) is 1. The van der Waals surface area contributed by atoms with Crippen LogP contribution in [0.2, 0.25) is 0 Å². The zero-order valence-electron chi connectivity index (χ0n) is 33.2. The monoisotopic (exact) mass is 770 g/mol. The normalized spacial score (nSPS) is 13.6. The third-order valence-corrected chi connectivity index (χ3v) is 9.41. The first-order valence-corrected chi connectivity index (χ1v) is 18.8. The zero-order chi connectivity index (χ0) is 41.2. The van der Waals surface area contributed by atoms with Crippen molar-refractivity contribution in [1.29, 1.82) is 0 Å². The number of aromatic amines is 1. The van der Waals surface area contributed by atoms with Gasteiger partial charge in [0.05, 0.1) is 6.42 Å². The summed E-state index contributed by atoms with van der Waals surface area (Å²) in [4.78, 5) is 86.5. The van der Waals surface area contributed by atoms with Crippen LogP contribution in [0.1, 0.15) is 64.5 Å². The number of aromatic nitrogens is 1. The van der Waals surface area contributed by atoms with E-state index < -0.39 is 71.9 Å². The summed E-state index contributed by atoms with van der Waals surface area (Å²) in [7, 11) is 4.54. The molecule has 14 nitrogen and oxygen atoms in total. The van der Waals surface area contributed by atoms with Crippen molar-refractivity contribution in [3.8, 4) is 0 Å². The highest BCUT2D eigenvalue weighted by Gasteiger charge is 2.36. The summed E-state index contributed by atoms with van der Waals surface area (Å²) in [5, 5.41) is 20.5. The molecule has 5 N–H and O–H groups in total. The van der Waals surface area contributed by atoms with Crippen LogP contribution in [0.5, 0.6) is 0 Å². The number of carboxylic acid groups (broad SMARTS) is 1. The number of nitrogens with zero attached hydrogens (tertiary/aromatic N) is 2. The number of nitrogens with one attached hydrogen (secondary N) is 4. The minimum absolute atomic E-state index is 0.0661. The molecule has 1 aromatic heterocycles. The molecule has 14 heteroatoms. The zero-order valence-corrected chi connectivity index (χ0v) is 33.2. The summed E-state index contributed by atoms with van der Waals surface area (Å²) in [6, 6.07) is 15.8. The second kappa shape index (κ2) is 19.1. The number of aliphatic carboxylic acids is 1. The van der Waals surface area contributed by atoms with Crippen molar-refractivity contribution in [1.82, 2.24) is 30.7 Å². The highest BCUT2D eigenvalue weighted by atomic mass is 16.6. The van der Waals surface area contributed by atoms with E-state index in [9.17, 15) is 33.9 Å². The predicted molar refractivity (Wildman–Crippen MR) is 214 cm³/mol. The number of benzene rings is 3. The van der Waals surface area contributed by atoms with Gasteiger partial charge in [-0.3, -0.25) is 24.0 Å². The van der Waals surface area contributed by atoms with Crippen LogP contribution in [-0.4, -0.2) is 106 Å². The molecule has 0 aliphatic heterocycles. The van der Waals surface area contributed by atoms with Crippen molar-refractivity contribution in [2.24, 2.45) is 0 Å². The molecule has 4 rings (SSSR count). The summed E-state index contributed by atoms with van der Waals surface area (Å²) in [6.07, 6.45) is 1.70. The Morgan fingerprint density at radius 2 is 1.36 bits per heavy atom. The Balaban J connectivity index is 1.60. The van der Waals surface area contributed by atoms with Crippen LogP contribution in [-0.2, 0) is 41.6 Å². The van der Waals surface area contributed by atoms with Gasteiger partial charge in [-0.15, -0.1) is 0 Å². The summed E-state index contributed by atoms with van der Waals surface area (Å²) < 4.78 is 5.48. The Morgan fingerprint density at radius 1 is 0.750 bits per heavy atom. The summed E-state index contributed by atoms with van der Waals surface area (Å²) >= 11 is 0. The summed E-state index contributed by atoms with van der Waals surface area (Å²) in [6.45, 7) is 7.02. The number of carboxylic acids is 1.